The minimum absolute atomic E-state index is 0. The van der Waals surface area contributed by atoms with Crippen molar-refractivity contribution in [1.29, 1.82) is 0 Å². The fourth-order valence-electron chi connectivity index (χ4n) is 1.14. The van der Waals surface area contributed by atoms with Crippen LogP contribution in [0.25, 0.3) is 0 Å². The molecule has 0 unspecified atom stereocenters. The number of hydrogen-bond donors (Lipinski definition) is 0. The molecule has 15 heavy (non-hydrogen) atoms. The molecule has 0 aromatic heterocycles. The summed E-state index contributed by atoms with van der Waals surface area (Å²) in [5.74, 6) is -0.807. The van der Waals surface area contributed by atoms with Gasteiger partial charge in [0.1, 0.15) is 5.71 Å². The van der Waals surface area contributed by atoms with Gasteiger partial charge in [-0.2, -0.15) is 0 Å². The molecule has 2 rings (SSSR count). The molecule has 1 aliphatic rings. The average Bonchev–Trinajstić information content (AvgIpc) is 2.61. The molecule has 0 saturated carbocycles. The molecular formula is C9H5N2NaO3. The van der Waals surface area contributed by atoms with Crippen molar-refractivity contribution < 1.29 is 39.2 Å². The molecule has 1 aliphatic heterocycles. The van der Waals surface area contributed by atoms with E-state index >= 15 is 0 Å². The van der Waals surface area contributed by atoms with Crippen molar-refractivity contribution in [2.45, 2.75) is 0 Å². The third kappa shape index (κ3) is 2.26. The zero-order chi connectivity index (χ0) is 9.97. The van der Waals surface area contributed by atoms with E-state index in [1.165, 1.54) is 0 Å². The number of carbonyl (C=O) groups excluding carboxylic acids is 1. The van der Waals surface area contributed by atoms with Gasteiger partial charge in [-0.25, -0.2) is 4.79 Å². The first-order valence-electron chi connectivity index (χ1n) is 3.88. The quantitative estimate of drug-likeness (QED) is 0.304. The van der Waals surface area contributed by atoms with E-state index in [-0.39, 0.29) is 41.0 Å². The molecule has 1 aromatic rings. The molecule has 0 fully saturated rings. The zero-order valence-corrected chi connectivity index (χ0v) is 10.0. The molecule has 0 spiro atoms. The molecule has 70 valence electrons. The van der Waals surface area contributed by atoms with E-state index in [0.717, 1.165) is 0 Å². The number of rotatable bonds is 1. The summed E-state index contributed by atoms with van der Waals surface area (Å²) in [5.41, 5.74) is 0.537. The Kier molecular flexibility index (Phi) is 4.02. The second-order valence-electron chi connectivity index (χ2n) is 2.62. The standard InChI is InChI=1S/C9H6N2O3.Na/c12-9-8(10-13)7(11-14-9)6-4-2-1-3-5-6;/h1-5,13H;/q;+1/p-1/b10-8+;. The van der Waals surface area contributed by atoms with Crippen LogP contribution < -0.4 is 29.6 Å². The van der Waals surface area contributed by atoms with Gasteiger partial charge in [-0.3, -0.25) is 0 Å². The number of oxime groups is 1. The Labute approximate surface area is 108 Å². The Hall–Kier alpha value is -1.17. The van der Waals surface area contributed by atoms with E-state index in [0.29, 0.717) is 5.56 Å². The predicted molar refractivity (Wildman–Crippen MR) is 49.9 cm³/mol. The van der Waals surface area contributed by atoms with Gasteiger partial charge in [0.2, 0.25) is 0 Å². The molecule has 0 radical (unpaired) electrons. The smallest absolute Gasteiger partial charge is 0.791 e. The summed E-state index contributed by atoms with van der Waals surface area (Å²) in [6.07, 6.45) is 0. The summed E-state index contributed by atoms with van der Waals surface area (Å²) in [4.78, 5) is 15.3. The first kappa shape index (κ1) is 11.9. The Balaban J connectivity index is 0.00000112. The number of nitrogens with zero attached hydrogens (tertiary/aromatic N) is 2. The van der Waals surface area contributed by atoms with Crippen LogP contribution in [0.15, 0.2) is 40.6 Å². The van der Waals surface area contributed by atoms with Crippen molar-refractivity contribution in [3.63, 3.8) is 0 Å². The van der Waals surface area contributed by atoms with E-state index in [2.05, 4.69) is 15.1 Å². The van der Waals surface area contributed by atoms with Crippen molar-refractivity contribution in [3.05, 3.63) is 41.1 Å². The monoisotopic (exact) mass is 212 g/mol. The molecule has 0 saturated heterocycles. The fraction of sp³-hybridized carbons (Fsp3) is 0. The maximum atomic E-state index is 10.9. The van der Waals surface area contributed by atoms with Gasteiger partial charge in [-0.05, 0) is 0 Å². The molecule has 0 amide bonds. The molecule has 1 aromatic carbocycles. The van der Waals surface area contributed by atoms with Crippen LogP contribution in [-0.2, 0) is 9.63 Å². The Morgan fingerprint density at radius 2 is 1.93 bits per heavy atom. The van der Waals surface area contributed by atoms with E-state index < -0.39 is 5.97 Å². The largest absolute Gasteiger partial charge is 1.00 e. The van der Waals surface area contributed by atoms with Crippen molar-refractivity contribution in [2.75, 3.05) is 0 Å². The number of carbonyl (C=O) groups is 1. The van der Waals surface area contributed by atoms with E-state index in [1.807, 2.05) is 6.07 Å². The van der Waals surface area contributed by atoms with Crippen molar-refractivity contribution in [3.8, 4) is 0 Å². The number of hydrogen-bond acceptors (Lipinski definition) is 5. The van der Waals surface area contributed by atoms with Gasteiger partial charge < -0.3 is 15.2 Å². The zero-order valence-electron chi connectivity index (χ0n) is 8.01. The SMILES string of the molecule is O=C1ON=C(c2ccccc2)/C1=N\[O-].[Na+]. The number of benzene rings is 1. The third-order valence-corrected chi connectivity index (χ3v) is 1.78. The van der Waals surface area contributed by atoms with Gasteiger partial charge in [-0.15, -0.1) is 0 Å². The van der Waals surface area contributed by atoms with Crippen LogP contribution in [0.4, 0.5) is 0 Å². The van der Waals surface area contributed by atoms with Gasteiger partial charge in [0.25, 0.3) is 0 Å². The molecule has 0 atom stereocenters. The first-order chi connectivity index (χ1) is 6.83. The minimum atomic E-state index is -0.807. The van der Waals surface area contributed by atoms with Gasteiger partial charge in [-0.1, -0.05) is 35.5 Å². The van der Waals surface area contributed by atoms with Gasteiger partial charge in [0, 0.05) is 5.56 Å². The second-order valence-corrected chi connectivity index (χ2v) is 2.62. The summed E-state index contributed by atoms with van der Waals surface area (Å²) in [5, 5.41) is 16.4. The summed E-state index contributed by atoms with van der Waals surface area (Å²) < 4.78 is 0. The Morgan fingerprint density at radius 3 is 2.53 bits per heavy atom. The van der Waals surface area contributed by atoms with E-state index in [9.17, 15) is 10.0 Å². The van der Waals surface area contributed by atoms with E-state index in [1.54, 1.807) is 24.3 Å². The van der Waals surface area contributed by atoms with E-state index in [4.69, 9.17) is 0 Å². The van der Waals surface area contributed by atoms with Crippen LogP contribution in [0.5, 0.6) is 0 Å². The predicted octanol–water partition coefficient (Wildman–Crippen LogP) is -2.11. The first-order valence-corrected chi connectivity index (χ1v) is 3.88. The second kappa shape index (κ2) is 5.06. The average molecular weight is 212 g/mol. The maximum Gasteiger partial charge on any atom is 1.00 e. The minimum Gasteiger partial charge on any atom is -0.791 e. The summed E-state index contributed by atoms with van der Waals surface area (Å²) in [6, 6.07) is 8.78. The van der Waals surface area contributed by atoms with Gasteiger partial charge >= 0.3 is 35.5 Å². The molecule has 0 aliphatic carbocycles. The van der Waals surface area contributed by atoms with Crippen LogP contribution in [0.2, 0.25) is 0 Å². The van der Waals surface area contributed by atoms with Crippen LogP contribution >= 0.6 is 0 Å². The molecular weight excluding hydrogens is 207 g/mol. The Morgan fingerprint density at radius 1 is 1.27 bits per heavy atom. The molecule has 5 nitrogen and oxygen atoms in total. The van der Waals surface area contributed by atoms with Crippen molar-refractivity contribution in [2.24, 2.45) is 10.3 Å². The molecule has 1 heterocycles. The van der Waals surface area contributed by atoms with Crippen molar-refractivity contribution in [1.82, 2.24) is 0 Å². The Bertz CT molecular complexity index is 428. The van der Waals surface area contributed by atoms with Crippen LogP contribution in [0, 0.1) is 5.21 Å². The molecule has 0 N–H and O–H groups in total. The fourth-order valence-corrected chi connectivity index (χ4v) is 1.14. The van der Waals surface area contributed by atoms with Crippen LogP contribution in [0.3, 0.4) is 0 Å². The summed E-state index contributed by atoms with van der Waals surface area (Å²) >= 11 is 0. The summed E-state index contributed by atoms with van der Waals surface area (Å²) in [6.45, 7) is 0. The summed E-state index contributed by atoms with van der Waals surface area (Å²) in [7, 11) is 0. The van der Waals surface area contributed by atoms with Crippen molar-refractivity contribution >= 4 is 17.4 Å². The van der Waals surface area contributed by atoms with Gasteiger partial charge in [0.15, 0.2) is 5.71 Å². The molecule has 6 heteroatoms. The van der Waals surface area contributed by atoms with Gasteiger partial charge in [0.05, 0.1) is 0 Å². The topological polar surface area (TPSA) is 74.1 Å². The molecule has 0 bridgehead atoms. The normalized spacial score (nSPS) is 16.9. The maximum absolute atomic E-state index is 10.9. The van der Waals surface area contributed by atoms with Crippen LogP contribution in [-0.4, -0.2) is 17.4 Å². The van der Waals surface area contributed by atoms with Crippen LogP contribution in [0.1, 0.15) is 5.56 Å². The third-order valence-electron chi connectivity index (χ3n) is 1.78.